The molecule has 0 radical (unpaired) electrons. The van der Waals surface area contributed by atoms with Crippen molar-refractivity contribution in [1.29, 1.82) is 0 Å². The molecular formula is C11H20N6O. The van der Waals surface area contributed by atoms with E-state index in [0.29, 0.717) is 18.8 Å². The third-order valence-corrected chi connectivity index (χ3v) is 3.46. The summed E-state index contributed by atoms with van der Waals surface area (Å²) in [5, 5.41) is 23.0. The Balaban J connectivity index is 1.79. The smallest absolute Gasteiger partial charge is 0.146 e. The quantitative estimate of drug-likeness (QED) is 0.280. The molecule has 0 bridgehead atoms. The van der Waals surface area contributed by atoms with Gasteiger partial charge in [0, 0.05) is 19.5 Å². The molecule has 4 N–H and O–H groups in total. The molecule has 0 aromatic carbocycles. The zero-order chi connectivity index (χ0) is 13.0. The summed E-state index contributed by atoms with van der Waals surface area (Å²) in [4.78, 5) is 0. The Morgan fingerprint density at radius 3 is 3.06 bits per heavy atom. The second-order valence-corrected chi connectivity index (χ2v) is 4.90. The van der Waals surface area contributed by atoms with Crippen LogP contribution in [0.5, 0.6) is 0 Å². The third kappa shape index (κ3) is 2.98. The molecule has 0 unspecified atom stereocenters. The van der Waals surface area contributed by atoms with Gasteiger partial charge in [-0.15, -0.1) is 10.2 Å². The van der Waals surface area contributed by atoms with Gasteiger partial charge in [0.15, 0.2) is 0 Å². The number of aromatic nitrogens is 3. The molecule has 2 rings (SSSR count). The fraction of sp³-hybridized carbons (Fsp3) is 0.727. The summed E-state index contributed by atoms with van der Waals surface area (Å²) in [6.45, 7) is 4.50. The van der Waals surface area contributed by atoms with Crippen molar-refractivity contribution in [2.75, 3.05) is 6.54 Å². The predicted molar refractivity (Wildman–Crippen MR) is 67.1 cm³/mol. The summed E-state index contributed by atoms with van der Waals surface area (Å²) in [7, 11) is 0. The van der Waals surface area contributed by atoms with Crippen molar-refractivity contribution in [1.82, 2.24) is 20.1 Å². The summed E-state index contributed by atoms with van der Waals surface area (Å²) >= 11 is 0. The summed E-state index contributed by atoms with van der Waals surface area (Å²) < 4.78 is 2.01. The van der Waals surface area contributed by atoms with Crippen LogP contribution in [-0.4, -0.2) is 32.4 Å². The lowest BCUT2D eigenvalue weighted by molar-refractivity contribution is 0.314. The maximum Gasteiger partial charge on any atom is 0.146 e. The molecule has 7 heteroatoms. The Labute approximate surface area is 106 Å². The molecule has 100 valence electrons. The van der Waals surface area contributed by atoms with Gasteiger partial charge in [-0.25, -0.2) is 0 Å². The van der Waals surface area contributed by atoms with E-state index in [0.717, 1.165) is 31.8 Å². The third-order valence-electron chi connectivity index (χ3n) is 3.46. The number of aryl methyl sites for hydroxylation is 1. The standard InChI is InChI=1S/C11H20N6O/c1-2-17-8-14-15-10(17)6-13-7-11(3-4-11)5-9(12)16-18/h8,13,18H,2-7H2,1H3,(H2,12,16). The van der Waals surface area contributed by atoms with Gasteiger partial charge in [-0.3, -0.25) is 0 Å². The fourth-order valence-corrected chi connectivity index (χ4v) is 2.13. The van der Waals surface area contributed by atoms with Gasteiger partial charge in [0.25, 0.3) is 0 Å². The molecule has 0 aliphatic heterocycles. The zero-order valence-corrected chi connectivity index (χ0v) is 10.6. The van der Waals surface area contributed by atoms with Gasteiger partial charge in [-0.2, -0.15) is 0 Å². The summed E-state index contributed by atoms with van der Waals surface area (Å²) in [5.41, 5.74) is 5.73. The van der Waals surface area contributed by atoms with E-state index in [1.165, 1.54) is 0 Å². The fourth-order valence-electron chi connectivity index (χ4n) is 2.13. The first kappa shape index (κ1) is 12.8. The largest absolute Gasteiger partial charge is 0.409 e. The van der Waals surface area contributed by atoms with Crippen LogP contribution in [0.2, 0.25) is 0 Å². The minimum atomic E-state index is 0.174. The van der Waals surface area contributed by atoms with Crippen molar-refractivity contribution in [3.63, 3.8) is 0 Å². The molecule has 0 saturated heterocycles. The second-order valence-electron chi connectivity index (χ2n) is 4.90. The van der Waals surface area contributed by atoms with Crippen molar-refractivity contribution in [2.45, 2.75) is 39.3 Å². The van der Waals surface area contributed by atoms with Crippen LogP contribution in [0.4, 0.5) is 0 Å². The maximum atomic E-state index is 8.59. The maximum absolute atomic E-state index is 8.59. The highest BCUT2D eigenvalue weighted by Gasteiger charge is 2.42. The molecule has 0 amide bonds. The number of amidine groups is 1. The first-order valence-corrected chi connectivity index (χ1v) is 6.23. The van der Waals surface area contributed by atoms with Crippen LogP contribution in [0, 0.1) is 5.41 Å². The van der Waals surface area contributed by atoms with Crippen molar-refractivity contribution >= 4 is 5.84 Å². The number of hydrogen-bond donors (Lipinski definition) is 3. The van der Waals surface area contributed by atoms with Crippen LogP contribution in [0.3, 0.4) is 0 Å². The number of nitrogens with zero attached hydrogens (tertiary/aromatic N) is 4. The normalized spacial score (nSPS) is 17.9. The Hall–Kier alpha value is -1.63. The van der Waals surface area contributed by atoms with Crippen LogP contribution < -0.4 is 11.1 Å². The van der Waals surface area contributed by atoms with E-state index < -0.39 is 0 Å². The molecular weight excluding hydrogens is 232 g/mol. The lowest BCUT2D eigenvalue weighted by Crippen LogP contribution is -2.29. The molecule has 1 fully saturated rings. The van der Waals surface area contributed by atoms with Gasteiger partial charge in [0.05, 0.1) is 6.54 Å². The predicted octanol–water partition coefficient (Wildman–Crippen LogP) is 0.304. The van der Waals surface area contributed by atoms with Crippen molar-refractivity contribution in [2.24, 2.45) is 16.3 Å². The molecule has 1 aromatic rings. The van der Waals surface area contributed by atoms with Crippen LogP contribution in [-0.2, 0) is 13.1 Å². The van der Waals surface area contributed by atoms with E-state index in [4.69, 9.17) is 10.9 Å². The molecule has 1 aliphatic rings. The summed E-state index contributed by atoms with van der Waals surface area (Å²) in [5.74, 6) is 1.25. The van der Waals surface area contributed by atoms with Gasteiger partial charge >= 0.3 is 0 Å². The van der Waals surface area contributed by atoms with Crippen molar-refractivity contribution in [3.05, 3.63) is 12.2 Å². The average molecular weight is 252 g/mol. The first-order chi connectivity index (χ1) is 8.69. The van der Waals surface area contributed by atoms with Crippen molar-refractivity contribution < 1.29 is 5.21 Å². The number of nitrogens with two attached hydrogens (primary N) is 1. The van der Waals surface area contributed by atoms with Crippen LogP contribution in [0.15, 0.2) is 11.5 Å². The van der Waals surface area contributed by atoms with E-state index in [2.05, 4.69) is 27.6 Å². The monoisotopic (exact) mass is 252 g/mol. The Bertz CT molecular complexity index is 423. The molecule has 7 nitrogen and oxygen atoms in total. The van der Waals surface area contributed by atoms with Gasteiger partial charge in [-0.1, -0.05) is 5.16 Å². The van der Waals surface area contributed by atoms with E-state index in [1.54, 1.807) is 6.33 Å². The molecule has 0 atom stereocenters. The lowest BCUT2D eigenvalue weighted by Gasteiger charge is -2.14. The number of oxime groups is 1. The minimum Gasteiger partial charge on any atom is -0.409 e. The minimum absolute atomic E-state index is 0.174. The highest BCUT2D eigenvalue weighted by molar-refractivity contribution is 5.80. The molecule has 1 aliphatic carbocycles. The van der Waals surface area contributed by atoms with Crippen LogP contribution in [0.1, 0.15) is 32.0 Å². The Morgan fingerprint density at radius 2 is 2.44 bits per heavy atom. The molecule has 18 heavy (non-hydrogen) atoms. The Morgan fingerprint density at radius 1 is 1.67 bits per heavy atom. The van der Waals surface area contributed by atoms with Gasteiger partial charge in [-0.05, 0) is 25.2 Å². The van der Waals surface area contributed by atoms with Crippen LogP contribution >= 0.6 is 0 Å². The molecule has 1 heterocycles. The highest BCUT2D eigenvalue weighted by Crippen LogP contribution is 2.48. The molecule has 0 spiro atoms. The number of nitrogens with one attached hydrogen (secondary N) is 1. The van der Waals surface area contributed by atoms with Gasteiger partial charge in [0.1, 0.15) is 18.0 Å². The number of rotatable bonds is 7. The zero-order valence-electron chi connectivity index (χ0n) is 10.6. The lowest BCUT2D eigenvalue weighted by atomic mass is 10.0. The Kier molecular flexibility index (Phi) is 3.81. The molecule has 1 saturated carbocycles. The van der Waals surface area contributed by atoms with E-state index >= 15 is 0 Å². The van der Waals surface area contributed by atoms with E-state index in [1.807, 2.05) is 4.57 Å². The average Bonchev–Trinajstić information content (AvgIpc) is 2.97. The molecule has 1 aromatic heterocycles. The van der Waals surface area contributed by atoms with E-state index in [9.17, 15) is 0 Å². The SMILES string of the molecule is CCn1cnnc1CNCC1(CC(N)=NO)CC1. The first-order valence-electron chi connectivity index (χ1n) is 6.23. The summed E-state index contributed by atoms with van der Waals surface area (Å²) in [6, 6.07) is 0. The van der Waals surface area contributed by atoms with Crippen LogP contribution in [0.25, 0.3) is 0 Å². The highest BCUT2D eigenvalue weighted by atomic mass is 16.4. The van der Waals surface area contributed by atoms with Gasteiger partial charge in [0.2, 0.25) is 0 Å². The second kappa shape index (κ2) is 5.34. The topological polar surface area (TPSA) is 101 Å². The van der Waals surface area contributed by atoms with Gasteiger partial charge < -0.3 is 20.8 Å². The number of hydrogen-bond acceptors (Lipinski definition) is 5. The summed E-state index contributed by atoms with van der Waals surface area (Å²) in [6.07, 6.45) is 4.63. The van der Waals surface area contributed by atoms with Crippen molar-refractivity contribution in [3.8, 4) is 0 Å². The van der Waals surface area contributed by atoms with E-state index in [-0.39, 0.29) is 5.41 Å².